The minimum absolute atomic E-state index is 0.0935. The van der Waals surface area contributed by atoms with Gasteiger partial charge in [-0.3, -0.25) is 9.59 Å². The lowest BCUT2D eigenvalue weighted by Gasteiger charge is -2.07. The van der Waals surface area contributed by atoms with E-state index < -0.39 is 0 Å². The molecule has 2 heterocycles. The number of carbonyl (C=O) groups excluding carboxylic acids is 2. The number of aromatic nitrogens is 1. The van der Waals surface area contributed by atoms with Crippen molar-refractivity contribution in [3.8, 4) is 0 Å². The fraction of sp³-hybridized carbons (Fsp3) is 0.136. The van der Waals surface area contributed by atoms with Crippen LogP contribution >= 0.6 is 22.7 Å². The Kier molecular flexibility index (Phi) is 5.69. The van der Waals surface area contributed by atoms with Crippen LogP contribution in [0.3, 0.4) is 0 Å². The molecule has 4 aromatic rings. The highest BCUT2D eigenvalue weighted by Crippen LogP contribution is 2.20. The Morgan fingerprint density at radius 3 is 2.76 bits per heavy atom. The van der Waals surface area contributed by atoms with E-state index in [0.29, 0.717) is 22.8 Å². The zero-order valence-electron chi connectivity index (χ0n) is 15.8. The zero-order chi connectivity index (χ0) is 20.2. The normalized spacial score (nSPS) is 11.7. The molecule has 0 radical (unpaired) electrons. The smallest absolute Gasteiger partial charge is 0.289 e. The third-order valence-electron chi connectivity index (χ3n) is 4.46. The van der Waals surface area contributed by atoms with E-state index in [4.69, 9.17) is 0 Å². The molecule has 0 fully saturated rings. The van der Waals surface area contributed by atoms with Gasteiger partial charge in [-0.05, 0) is 28.5 Å². The molecule has 0 aliphatic rings. The lowest BCUT2D eigenvalue weighted by atomic mass is 10.0. The first-order chi connectivity index (χ1) is 14.1. The number of thiophene rings is 1. The van der Waals surface area contributed by atoms with Gasteiger partial charge >= 0.3 is 0 Å². The van der Waals surface area contributed by atoms with E-state index in [2.05, 4.69) is 40.6 Å². The molecular weight excluding hydrogens is 402 g/mol. The Labute approximate surface area is 176 Å². The maximum absolute atomic E-state index is 12.6. The van der Waals surface area contributed by atoms with Crippen LogP contribution in [0.15, 0.2) is 71.2 Å². The number of hydrogen-bond acceptors (Lipinski definition) is 4. The Morgan fingerprint density at radius 1 is 1.07 bits per heavy atom. The van der Waals surface area contributed by atoms with Crippen LogP contribution in [0.4, 0.5) is 0 Å². The van der Waals surface area contributed by atoms with E-state index in [-0.39, 0.29) is 11.8 Å². The van der Waals surface area contributed by atoms with Gasteiger partial charge < -0.3 is 9.88 Å². The van der Waals surface area contributed by atoms with Crippen LogP contribution in [0.2, 0.25) is 0 Å². The van der Waals surface area contributed by atoms with Crippen molar-refractivity contribution < 1.29 is 9.59 Å². The number of rotatable bonds is 5. The first-order valence-corrected chi connectivity index (χ1v) is 10.8. The predicted octanol–water partition coefficient (Wildman–Crippen LogP) is 4.19. The van der Waals surface area contributed by atoms with E-state index in [1.54, 1.807) is 6.07 Å². The predicted molar refractivity (Wildman–Crippen MR) is 117 cm³/mol. The number of thiazole rings is 1. The standard InChI is InChI=1S/C22H19N3O2S2/c1-15(26)23-13-18-9-10-20(29-18)21(27)24-22-25(11-12-28-22)14-17-7-4-6-16-5-2-3-8-19(16)17/h2-12H,13-14H2,1H3,(H,23,26). The number of hydrogen-bond donors (Lipinski definition) is 1. The third-order valence-corrected chi connectivity index (χ3v) is 6.33. The van der Waals surface area contributed by atoms with Crippen LogP contribution in [0, 0.1) is 0 Å². The minimum atomic E-state index is -0.266. The number of nitrogens with zero attached hydrogens (tertiary/aromatic N) is 2. The second-order valence-electron chi connectivity index (χ2n) is 6.54. The average molecular weight is 422 g/mol. The van der Waals surface area contributed by atoms with Crippen molar-refractivity contribution >= 4 is 45.3 Å². The van der Waals surface area contributed by atoms with Crippen LogP contribution in [-0.2, 0) is 17.9 Å². The van der Waals surface area contributed by atoms with Gasteiger partial charge in [0.2, 0.25) is 5.91 Å². The van der Waals surface area contributed by atoms with Crippen LogP contribution in [0.1, 0.15) is 27.0 Å². The van der Waals surface area contributed by atoms with E-state index in [9.17, 15) is 9.59 Å². The first-order valence-electron chi connectivity index (χ1n) is 9.13. The molecule has 0 aliphatic heterocycles. The zero-order valence-corrected chi connectivity index (χ0v) is 17.4. The monoisotopic (exact) mass is 421 g/mol. The summed E-state index contributed by atoms with van der Waals surface area (Å²) in [6, 6.07) is 18.1. The summed E-state index contributed by atoms with van der Waals surface area (Å²) >= 11 is 2.80. The molecular formula is C22H19N3O2S2. The highest BCUT2D eigenvalue weighted by Gasteiger charge is 2.10. The first kappa shape index (κ1) is 19.3. The summed E-state index contributed by atoms with van der Waals surface area (Å²) in [5.41, 5.74) is 1.18. The van der Waals surface area contributed by atoms with Crippen molar-refractivity contribution in [3.63, 3.8) is 0 Å². The van der Waals surface area contributed by atoms with Gasteiger partial charge in [-0.25, -0.2) is 0 Å². The molecule has 0 unspecified atom stereocenters. The SMILES string of the molecule is CC(=O)NCc1ccc(C(=O)N=c2sccn2Cc2cccc3ccccc23)s1. The molecule has 29 heavy (non-hydrogen) atoms. The van der Waals surface area contributed by atoms with Crippen molar-refractivity contribution in [2.24, 2.45) is 4.99 Å². The van der Waals surface area contributed by atoms with Gasteiger partial charge in [0, 0.05) is 23.4 Å². The van der Waals surface area contributed by atoms with Gasteiger partial charge in [0.15, 0.2) is 4.80 Å². The van der Waals surface area contributed by atoms with Gasteiger partial charge in [0.1, 0.15) is 0 Å². The second-order valence-corrected chi connectivity index (χ2v) is 8.59. The number of amides is 2. The highest BCUT2D eigenvalue weighted by atomic mass is 32.1. The van der Waals surface area contributed by atoms with Crippen molar-refractivity contribution in [1.29, 1.82) is 0 Å². The molecule has 4 rings (SSSR count). The molecule has 0 spiro atoms. The second kappa shape index (κ2) is 8.55. The van der Waals surface area contributed by atoms with Gasteiger partial charge in [0.25, 0.3) is 5.91 Å². The maximum atomic E-state index is 12.6. The van der Waals surface area contributed by atoms with Crippen molar-refractivity contribution in [3.05, 3.63) is 86.3 Å². The molecule has 1 N–H and O–H groups in total. The third kappa shape index (κ3) is 4.52. The van der Waals surface area contributed by atoms with Crippen molar-refractivity contribution in [2.45, 2.75) is 20.0 Å². The van der Waals surface area contributed by atoms with Crippen LogP contribution < -0.4 is 10.1 Å². The minimum Gasteiger partial charge on any atom is -0.351 e. The van der Waals surface area contributed by atoms with Crippen LogP contribution in [0.5, 0.6) is 0 Å². The largest absolute Gasteiger partial charge is 0.351 e. The molecule has 2 amide bonds. The molecule has 0 aliphatic carbocycles. The van der Waals surface area contributed by atoms with Crippen LogP contribution in [0.25, 0.3) is 10.8 Å². The Morgan fingerprint density at radius 2 is 1.90 bits per heavy atom. The average Bonchev–Trinajstić information content (AvgIpc) is 3.36. The highest BCUT2D eigenvalue weighted by molar-refractivity contribution is 7.14. The Bertz CT molecular complexity index is 1240. The Balaban J connectivity index is 1.58. The van der Waals surface area contributed by atoms with Gasteiger partial charge in [-0.1, -0.05) is 42.5 Å². The molecule has 2 aromatic carbocycles. The molecule has 0 bridgehead atoms. The van der Waals surface area contributed by atoms with Crippen molar-refractivity contribution in [1.82, 2.24) is 9.88 Å². The molecule has 7 heteroatoms. The summed E-state index contributed by atoms with van der Waals surface area (Å²) < 4.78 is 2.00. The summed E-state index contributed by atoms with van der Waals surface area (Å²) in [5.74, 6) is -0.359. The van der Waals surface area contributed by atoms with Crippen LogP contribution in [-0.4, -0.2) is 16.4 Å². The molecule has 0 saturated carbocycles. The number of nitrogens with one attached hydrogen (secondary N) is 1. The van der Waals surface area contributed by atoms with E-state index in [1.807, 2.05) is 34.3 Å². The fourth-order valence-electron chi connectivity index (χ4n) is 3.06. The summed E-state index contributed by atoms with van der Waals surface area (Å²) in [6.07, 6.45) is 1.95. The quantitative estimate of drug-likeness (QED) is 0.525. The number of benzene rings is 2. The van der Waals surface area contributed by atoms with E-state index >= 15 is 0 Å². The lowest BCUT2D eigenvalue weighted by Crippen LogP contribution is -2.18. The summed E-state index contributed by atoms with van der Waals surface area (Å²) in [6.45, 7) is 2.54. The molecule has 5 nitrogen and oxygen atoms in total. The van der Waals surface area contributed by atoms with Crippen molar-refractivity contribution in [2.75, 3.05) is 0 Å². The molecule has 0 saturated heterocycles. The molecule has 2 aromatic heterocycles. The molecule has 0 atom stereocenters. The van der Waals surface area contributed by atoms with Gasteiger partial charge in [0.05, 0.1) is 18.0 Å². The summed E-state index contributed by atoms with van der Waals surface area (Å²) in [7, 11) is 0. The Hall–Kier alpha value is -3.03. The number of fused-ring (bicyclic) bond motifs is 1. The maximum Gasteiger partial charge on any atom is 0.289 e. The summed E-state index contributed by atoms with van der Waals surface area (Å²) in [4.78, 5) is 30.2. The van der Waals surface area contributed by atoms with E-state index in [0.717, 1.165) is 4.88 Å². The summed E-state index contributed by atoms with van der Waals surface area (Å²) in [5, 5.41) is 7.07. The van der Waals surface area contributed by atoms with Gasteiger partial charge in [-0.15, -0.1) is 22.7 Å². The lowest BCUT2D eigenvalue weighted by molar-refractivity contribution is -0.119. The topological polar surface area (TPSA) is 63.5 Å². The molecule has 146 valence electrons. The number of carbonyl (C=O) groups is 2. The van der Waals surface area contributed by atoms with E-state index in [1.165, 1.54) is 45.9 Å². The van der Waals surface area contributed by atoms with Gasteiger partial charge in [-0.2, -0.15) is 4.99 Å². The fourth-order valence-corrected chi connectivity index (χ4v) is 4.62.